The van der Waals surface area contributed by atoms with Gasteiger partial charge in [-0.1, -0.05) is 30.3 Å². The lowest BCUT2D eigenvalue weighted by Gasteiger charge is -2.16. The van der Waals surface area contributed by atoms with Gasteiger partial charge in [-0.25, -0.2) is 0 Å². The van der Waals surface area contributed by atoms with E-state index in [9.17, 15) is 5.11 Å². The third-order valence-electron chi connectivity index (χ3n) is 2.88. The van der Waals surface area contributed by atoms with Crippen molar-refractivity contribution in [3.63, 3.8) is 0 Å². The van der Waals surface area contributed by atoms with Crippen LogP contribution < -0.4 is 5.32 Å². The molecule has 0 aliphatic heterocycles. The van der Waals surface area contributed by atoms with Gasteiger partial charge in [0.05, 0.1) is 19.8 Å². The molecule has 1 unspecified atom stereocenters. The molecule has 0 aliphatic rings. The molecule has 1 aromatic carbocycles. The zero-order valence-corrected chi connectivity index (χ0v) is 11.7. The molecule has 0 amide bonds. The Morgan fingerprint density at radius 1 is 1.16 bits per heavy atom. The van der Waals surface area contributed by atoms with Crippen LogP contribution in [-0.4, -0.2) is 51.2 Å². The van der Waals surface area contributed by atoms with E-state index in [-0.39, 0.29) is 12.6 Å². The monoisotopic (exact) mass is 267 g/mol. The molecule has 108 valence electrons. The lowest BCUT2D eigenvalue weighted by Crippen LogP contribution is -2.35. The first-order valence-electron chi connectivity index (χ1n) is 6.81. The number of hydrogen-bond donors (Lipinski definition) is 2. The number of aliphatic hydroxyl groups is 1. The van der Waals surface area contributed by atoms with Gasteiger partial charge in [0.25, 0.3) is 0 Å². The van der Waals surface area contributed by atoms with Crippen molar-refractivity contribution in [3.8, 4) is 0 Å². The van der Waals surface area contributed by atoms with Crippen LogP contribution in [0.15, 0.2) is 30.3 Å². The summed E-state index contributed by atoms with van der Waals surface area (Å²) in [5.41, 5.74) is 1.24. The third kappa shape index (κ3) is 7.95. The standard InChI is InChI=1S/C15H25NO3/c1-18-10-11-19-9-5-8-16-15(13-17)12-14-6-3-2-4-7-14/h2-4,6-7,15-17H,5,8-13H2,1H3. The van der Waals surface area contributed by atoms with Crippen LogP contribution in [-0.2, 0) is 15.9 Å². The first-order valence-corrected chi connectivity index (χ1v) is 6.81. The summed E-state index contributed by atoms with van der Waals surface area (Å²) in [5.74, 6) is 0. The minimum Gasteiger partial charge on any atom is -0.395 e. The van der Waals surface area contributed by atoms with Crippen molar-refractivity contribution in [2.24, 2.45) is 0 Å². The quantitative estimate of drug-likeness (QED) is 0.592. The molecule has 0 bridgehead atoms. The van der Waals surface area contributed by atoms with E-state index >= 15 is 0 Å². The molecule has 1 rings (SSSR count). The van der Waals surface area contributed by atoms with Crippen LogP contribution in [0.5, 0.6) is 0 Å². The molecule has 0 aromatic heterocycles. The van der Waals surface area contributed by atoms with Gasteiger partial charge in [-0.05, 0) is 24.9 Å². The van der Waals surface area contributed by atoms with Gasteiger partial charge in [0, 0.05) is 19.8 Å². The van der Waals surface area contributed by atoms with E-state index in [1.807, 2.05) is 18.2 Å². The molecule has 0 aliphatic carbocycles. The molecule has 0 fully saturated rings. The van der Waals surface area contributed by atoms with Gasteiger partial charge in [0.2, 0.25) is 0 Å². The summed E-state index contributed by atoms with van der Waals surface area (Å²) in [7, 11) is 1.67. The molecular weight excluding hydrogens is 242 g/mol. The maximum atomic E-state index is 9.35. The van der Waals surface area contributed by atoms with Crippen LogP contribution in [0.1, 0.15) is 12.0 Å². The first-order chi connectivity index (χ1) is 9.36. The zero-order valence-electron chi connectivity index (χ0n) is 11.7. The summed E-state index contributed by atoms with van der Waals surface area (Å²) < 4.78 is 10.3. The number of methoxy groups -OCH3 is 1. The van der Waals surface area contributed by atoms with Gasteiger partial charge in [0.1, 0.15) is 0 Å². The summed E-state index contributed by atoms with van der Waals surface area (Å²) in [4.78, 5) is 0. The number of aliphatic hydroxyl groups excluding tert-OH is 1. The van der Waals surface area contributed by atoms with Gasteiger partial charge in [-0.15, -0.1) is 0 Å². The number of hydrogen-bond acceptors (Lipinski definition) is 4. The fourth-order valence-electron chi connectivity index (χ4n) is 1.82. The molecule has 1 aromatic rings. The van der Waals surface area contributed by atoms with E-state index in [1.54, 1.807) is 7.11 Å². The fourth-order valence-corrected chi connectivity index (χ4v) is 1.82. The van der Waals surface area contributed by atoms with Crippen molar-refractivity contribution in [1.82, 2.24) is 5.32 Å². The highest BCUT2D eigenvalue weighted by Crippen LogP contribution is 2.02. The molecule has 0 heterocycles. The Kier molecular flexibility index (Phi) is 9.27. The first kappa shape index (κ1) is 16.1. The van der Waals surface area contributed by atoms with E-state index in [1.165, 1.54) is 5.56 Å². The summed E-state index contributed by atoms with van der Waals surface area (Å²) >= 11 is 0. The summed E-state index contributed by atoms with van der Waals surface area (Å²) in [6, 6.07) is 10.3. The van der Waals surface area contributed by atoms with E-state index in [0.29, 0.717) is 13.2 Å². The molecule has 0 radical (unpaired) electrons. The predicted octanol–water partition coefficient (Wildman–Crippen LogP) is 1.23. The van der Waals surface area contributed by atoms with Gasteiger partial charge in [-0.3, -0.25) is 0 Å². The Morgan fingerprint density at radius 2 is 1.95 bits per heavy atom. The molecule has 19 heavy (non-hydrogen) atoms. The second-order valence-electron chi connectivity index (χ2n) is 4.48. The molecule has 4 heteroatoms. The van der Waals surface area contributed by atoms with Crippen molar-refractivity contribution in [2.45, 2.75) is 18.9 Å². The van der Waals surface area contributed by atoms with Crippen LogP contribution in [0, 0.1) is 0 Å². The highest BCUT2D eigenvalue weighted by molar-refractivity contribution is 5.15. The third-order valence-corrected chi connectivity index (χ3v) is 2.88. The SMILES string of the molecule is COCCOCCCNC(CO)Cc1ccccc1. The normalized spacial score (nSPS) is 12.5. The van der Waals surface area contributed by atoms with Crippen LogP contribution >= 0.6 is 0 Å². The minimum absolute atomic E-state index is 0.112. The maximum Gasteiger partial charge on any atom is 0.0700 e. The highest BCUT2D eigenvalue weighted by Gasteiger charge is 2.06. The molecule has 1 atom stereocenters. The Hall–Kier alpha value is -0.940. The van der Waals surface area contributed by atoms with Gasteiger partial charge in [-0.2, -0.15) is 0 Å². The van der Waals surface area contributed by atoms with Crippen molar-refractivity contribution in [3.05, 3.63) is 35.9 Å². The van der Waals surface area contributed by atoms with Crippen LogP contribution in [0.4, 0.5) is 0 Å². The van der Waals surface area contributed by atoms with E-state index < -0.39 is 0 Å². The van der Waals surface area contributed by atoms with E-state index in [4.69, 9.17) is 9.47 Å². The molecule has 4 nitrogen and oxygen atoms in total. The van der Waals surface area contributed by atoms with Crippen LogP contribution in [0.25, 0.3) is 0 Å². The molecule has 2 N–H and O–H groups in total. The van der Waals surface area contributed by atoms with Crippen molar-refractivity contribution in [2.75, 3.05) is 40.1 Å². The number of benzene rings is 1. The number of nitrogens with one attached hydrogen (secondary N) is 1. The second kappa shape index (κ2) is 10.9. The molecule has 0 saturated carbocycles. The zero-order chi connectivity index (χ0) is 13.8. The molecular formula is C15H25NO3. The maximum absolute atomic E-state index is 9.35. The minimum atomic E-state index is 0.112. The van der Waals surface area contributed by atoms with Gasteiger partial charge >= 0.3 is 0 Å². The lowest BCUT2D eigenvalue weighted by atomic mass is 10.1. The summed E-state index contributed by atoms with van der Waals surface area (Å²) in [6.45, 7) is 3.01. The topological polar surface area (TPSA) is 50.7 Å². The largest absolute Gasteiger partial charge is 0.395 e. The number of ether oxygens (including phenoxy) is 2. The average molecular weight is 267 g/mol. The fraction of sp³-hybridized carbons (Fsp3) is 0.600. The van der Waals surface area contributed by atoms with Crippen LogP contribution in [0.3, 0.4) is 0 Å². The Balaban J connectivity index is 2.09. The highest BCUT2D eigenvalue weighted by atomic mass is 16.5. The summed E-state index contributed by atoms with van der Waals surface area (Å²) in [6.07, 6.45) is 1.79. The van der Waals surface area contributed by atoms with Crippen LogP contribution in [0.2, 0.25) is 0 Å². The Bertz CT molecular complexity index is 306. The predicted molar refractivity (Wildman–Crippen MR) is 76.3 cm³/mol. The van der Waals surface area contributed by atoms with E-state index in [2.05, 4.69) is 17.4 Å². The van der Waals surface area contributed by atoms with Crippen molar-refractivity contribution < 1.29 is 14.6 Å². The van der Waals surface area contributed by atoms with Crippen molar-refractivity contribution >= 4 is 0 Å². The summed E-state index contributed by atoms with van der Waals surface area (Å²) in [5, 5.41) is 12.7. The van der Waals surface area contributed by atoms with Gasteiger partial charge < -0.3 is 19.9 Å². The number of rotatable bonds is 11. The Morgan fingerprint density at radius 3 is 2.63 bits per heavy atom. The van der Waals surface area contributed by atoms with Crippen molar-refractivity contribution in [1.29, 1.82) is 0 Å². The second-order valence-corrected chi connectivity index (χ2v) is 4.48. The Labute approximate surface area is 115 Å². The average Bonchev–Trinajstić information content (AvgIpc) is 2.46. The van der Waals surface area contributed by atoms with E-state index in [0.717, 1.165) is 26.0 Å². The van der Waals surface area contributed by atoms with Gasteiger partial charge in [0.15, 0.2) is 0 Å². The smallest absolute Gasteiger partial charge is 0.0700 e. The lowest BCUT2D eigenvalue weighted by molar-refractivity contribution is 0.0689. The molecule has 0 saturated heterocycles. The molecule has 0 spiro atoms.